The fourth-order valence-corrected chi connectivity index (χ4v) is 1.28. The first-order valence-electron chi connectivity index (χ1n) is 4.12. The number of carbonyl (C=O) groups is 1. The third kappa shape index (κ3) is 4.01. The van der Waals surface area contributed by atoms with Crippen molar-refractivity contribution in [2.24, 2.45) is 0 Å². The Balaban J connectivity index is 2.55. The van der Waals surface area contributed by atoms with Crippen molar-refractivity contribution in [2.45, 2.75) is 13.1 Å². The molecule has 9 heteroatoms. The van der Waals surface area contributed by atoms with Crippen molar-refractivity contribution in [3.63, 3.8) is 0 Å². The number of rotatable bonds is 4. The van der Waals surface area contributed by atoms with Crippen LogP contribution in [0, 0.1) is 0 Å². The molecule has 16 heavy (non-hydrogen) atoms. The molecule has 0 saturated carbocycles. The minimum absolute atomic E-state index is 0.140. The van der Waals surface area contributed by atoms with Gasteiger partial charge in [-0.2, -0.15) is 13.2 Å². The third-order valence-corrected chi connectivity index (χ3v) is 2.03. The molecule has 5 nitrogen and oxygen atoms in total. The van der Waals surface area contributed by atoms with Crippen LogP contribution < -0.4 is 4.74 Å². The Bertz CT molecular complexity index is 366. The molecule has 0 aliphatic carbocycles. The minimum atomic E-state index is -4.45. The standard InChI is InChI=1S/C7H7F3N2O3S/c1-2-14-5(13)4-11-12-6(16-4)15-3-7(8,9)10/h2-3H2,1H3. The van der Waals surface area contributed by atoms with Gasteiger partial charge in [0.25, 0.3) is 5.19 Å². The van der Waals surface area contributed by atoms with Crippen molar-refractivity contribution < 1.29 is 27.4 Å². The summed E-state index contributed by atoms with van der Waals surface area (Å²) in [5.74, 6) is -0.734. The summed E-state index contributed by atoms with van der Waals surface area (Å²) in [6.07, 6.45) is -4.45. The third-order valence-electron chi connectivity index (χ3n) is 1.22. The van der Waals surface area contributed by atoms with Crippen LogP contribution in [0.3, 0.4) is 0 Å². The molecule has 0 spiro atoms. The van der Waals surface area contributed by atoms with Gasteiger partial charge in [0.05, 0.1) is 6.61 Å². The molecule has 0 unspecified atom stereocenters. The second kappa shape index (κ2) is 5.10. The van der Waals surface area contributed by atoms with Crippen molar-refractivity contribution in [1.82, 2.24) is 10.2 Å². The SMILES string of the molecule is CCOC(=O)c1nnc(OCC(F)(F)F)s1. The number of hydrogen-bond acceptors (Lipinski definition) is 6. The molecule has 1 heterocycles. The molecule has 0 amide bonds. The van der Waals surface area contributed by atoms with Crippen molar-refractivity contribution in [3.05, 3.63) is 5.01 Å². The van der Waals surface area contributed by atoms with Crippen molar-refractivity contribution in [2.75, 3.05) is 13.2 Å². The lowest BCUT2D eigenvalue weighted by Crippen LogP contribution is -2.19. The lowest BCUT2D eigenvalue weighted by atomic mass is 10.7. The minimum Gasteiger partial charge on any atom is -0.461 e. The average Bonchev–Trinajstić information content (AvgIpc) is 2.62. The van der Waals surface area contributed by atoms with E-state index in [1.807, 2.05) is 0 Å². The molecule has 0 aromatic carbocycles. The number of ether oxygens (including phenoxy) is 2. The van der Waals surface area contributed by atoms with E-state index in [-0.39, 0.29) is 16.8 Å². The van der Waals surface area contributed by atoms with Crippen LogP contribution in [0.5, 0.6) is 5.19 Å². The maximum absolute atomic E-state index is 11.8. The van der Waals surface area contributed by atoms with E-state index in [1.54, 1.807) is 6.92 Å². The highest BCUT2D eigenvalue weighted by Gasteiger charge is 2.29. The zero-order valence-corrected chi connectivity index (χ0v) is 8.89. The number of hydrogen-bond donors (Lipinski definition) is 0. The number of aromatic nitrogens is 2. The molecule has 0 saturated heterocycles. The second-order valence-corrected chi connectivity index (χ2v) is 3.44. The van der Waals surface area contributed by atoms with Gasteiger partial charge in [-0.1, -0.05) is 5.10 Å². The molecule has 0 atom stereocenters. The number of alkyl halides is 3. The molecular weight excluding hydrogens is 249 g/mol. The first kappa shape index (κ1) is 12.7. The van der Waals surface area contributed by atoms with Crippen LogP contribution in [-0.2, 0) is 4.74 Å². The second-order valence-electron chi connectivity index (χ2n) is 2.50. The zero-order chi connectivity index (χ0) is 12.2. The lowest BCUT2D eigenvalue weighted by molar-refractivity contribution is -0.153. The number of halogens is 3. The Morgan fingerprint density at radius 2 is 2.12 bits per heavy atom. The van der Waals surface area contributed by atoms with Crippen LogP contribution in [0.4, 0.5) is 13.2 Å². The highest BCUT2D eigenvalue weighted by atomic mass is 32.1. The summed E-state index contributed by atoms with van der Waals surface area (Å²) < 4.78 is 44.2. The van der Waals surface area contributed by atoms with Crippen molar-refractivity contribution in [1.29, 1.82) is 0 Å². The number of nitrogens with zero attached hydrogens (tertiary/aromatic N) is 2. The van der Waals surface area contributed by atoms with E-state index in [0.717, 1.165) is 0 Å². The Morgan fingerprint density at radius 1 is 1.44 bits per heavy atom. The summed E-state index contributed by atoms with van der Waals surface area (Å²) in [4.78, 5) is 11.1. The van der Waals surface area contributed by atoms with Crippen LogP contribution in [0.1, 0.15) is 16.7 Å². The topological polar surface area (TPSA) is 61.3 Å². The molecule has 90 valence electrons. The number of esters is 1. The van der Waals surface area contributed by atoms with Gasteiger partial charge >= 0.3 is 12.1 Å². The van der Waals surface area contributed by atoms with Crippen LogP contribution in [0.2, 0.25) is 0 Å². The Labute approximate surface area is 92.2 Å². The van der Waals surface area contributed by atoms with Gasteiger partial charge in [0.2, 0.25) is 5.01 Å². The molecule has 0 bridgehead atoms. The molecule has 0 aliphatic heterocycles. The molecule has 0 radical (unpaired) electrons. The summed E-state index contributed by atoms with van der Waals surface area (Å²) in [6.45, 7) is 0.279. The Kier molecular flexibility index (Phi) is 4.05. The van der Waals surface area contributed by atoms with E-state index < -0.39 is 18.8 Å². The van der Waals surface area contributed by atoms with E-state index in [4.69, 9.17) is 0 Å². The van der Waals surface area contributed by atoms with Gasteiger partial charge in [-0.25, -0.2) is 4.79 Å². The average molecular weight is 256 g/mol. The largest absolute Gasteiger partial charge is 0.461 e. The first-order valence-corrected chi connectivity index (χ1v) is 4.94. The Hall–Kier alpha value is -1.38. The highest BCUT2D eigenvalue weighted by molar-refractivity contribution is 7.14. The fraction of sp³-hybridized carbons (Fsp3) is 0.571. The summed E-state index contributed by atoms with van der Waals surface area (Å²) in [7, 11) is 0. The summed E-state index contributed by atoms with van der Waals surface area (Å²) >= 11 is 0.603. The van der Waals surface area contributed by atoms with E-state index in [9.17, 15) is 18.0 Å². The highest BCUT2D eigenvalue weighted by Crippen LogP contribution is 2.22. The predicted molar refractivity (Wildman–Crippen MR) is 47.4 cm³/mol. The summed E-state index contributed by atoms with van der Waals surface area (Å²) in [6, 6.07) is 0. The van der Waals surface area contributed by atoms with Crippen LogP contribution in [0.25, 0.3) is 0 Å². The number of carbonyl (C=O) groups excluding carboxylic acids is 1. The molecule has 0 fully saturated rings. The fourth-order valence-electron chi connectivity index (χ4n) is 0.687. The normalized spacial score (nSPS) is 11.2. The zero-order valence-electron chi connectivity index (χ0n) is 8.08. The van der Waals surface area contributed by atoms with Gasteiger partial charge in [0, 0.05) is 0 Å². The molecule has 1 aromatic rings. The van der Waals surface area contributed by atoms with Crippen LogP contribution in [-0.4, -0.2) is 35.6 Å². The van der Waals surface area contributed by atoms with E-state index >= 15 is 0 Å². The predicted octanol–water partition coefficient (Wildman–Crippen LogP) is 1.66. The molecule has 1 rings (SSSR count). The maximum atomic E-state index is 11.8. The Morgan fingerprint density at radius 3 is 2.69 bits per heavy atom. The summed E-state index contributed by atoms with van der Waals surface area (Å²) in [5.41, 5.74) is 0. The molecule has 1 aromatic heterocycles. The van der Waals surface area contributed by atoms with Crippen molar-refractivity contribution >= 4 is 17.3 Å². The molecule has 0 N–H and O–H groups in total. The van der Waals surface area contributed by atoms with Crippen LogP contribution >= 0.6 is 11.3 Å². The van der Waals surface area contributed by atoms with Gasteiger partial charge in [0.1, 0.15) is 0 Å². The van der Waals surface area contributed by atoms with Crippen molar-refractivity contribution in [3.8, 4) is 5.19 Å². The van der Waals surface area contributed by atoms with Crippen LogP contribution in [0.15, 0.2) is 0 Å². The molecular formula is C7H7F3N2O3S. The monoisotopic (exact) mass is 256 g/mol. The quantitative estimate of drug-likeness (QED) is 0.766. The van der Waals surface area contributed by atoms with E-state index in [2.05, 4.69) is 19.7 Å². The smallest absolute Gasteiger partial charge is 0.422 e. The van der Waals surface area contributed by atoms with E-state index in [0.29, 0.717) is 11.3 Å². The lowest BCUT2D eigenvalue weighted by Gasteiger charge is -2.04. The van der Waals surface area contributed by atoms with Gasteiger partial charge in [-0.3, -0.25) is 0 Å². The maximum Gasteiger partial charge on any atom is 0.422 e. The van der Waals surface area contributed by atoms with Gasteiger partial charge < -0.3 is 9.47 Å². The van der Waals surface area contributed by atoms with Gasteiger partial charge in [-0.05, 0) is 18.3 Å². The summed E-state index contributed by atoms with van der Waals surface area (Å²) in [5, 5.41) is 6.15. The van der Waals surface area contributed by atoms with E-state index in [1.165, 1.54) is 0 Å². The van der Waals surface area contributed by atoms with Gasteiger partial charge in [0.15, 0.2) is 6.61 Å². The molecule has 0 aliphatic rings. The van der Waals surface area contributed by atoms with Gasteiger partial charge in [-0.15, -0.1) is 5.10 Å². The first-order chi connectivity index (χ1) is 7.42.